The van der Waals surface area contributed by atoms with Gasteiger partial charge in [0, 0.05) is 37.4 Å². The van der Waals surface area contributed by atoms with Gasteiger partial charge >= 0.3 is 6.03 Å². The number of piperidine rings is 1. The van der Waals surface area contributed by atoms with Crippen LogP contribution in [0, 0.1) is 11.7 Å². The van der Waals surface area contributed by atoms with E-state index in [-0.39, 0.29) is 11.8 Å². The summed E-state index contributed by atoms with van der Waals surface area (Å²) in [6, 6.07) is 10.4. The van der Waals surface area contributed by atoms with Crippen LogP contribution in [-0.4, -0.2) is 57.7 Å². The molecule has 3 amide bonds. The summed E-state index contributed by atoms with van der Waals surface area (Å²) in [4.78, 5) is 27.0. The van der Waals surface area contributed by atoms with Crippen molar-refractivity contribution in [2.75, 3.05) is 42.1 Å². The molecule has 2 aliphatic rings. The molecule has 2 heterocycles. The lowest BCUT2D eigenvalue weighted by atomic mass is 9.97. The Hall–Kier alpha value is -3.14. The van der Waals surface area contributed by atoms with E-state index in [1.54, 1.807) is 29.2 Å². The average Bonchev–Trinajstić information content (AvgIpc) is 3.21. The highest BCUT2D eigenvalue weighted by atomic mass is 32.2. The molecular formula is C23H27FN4O4S. The molecule has 33 heavy (non-hydrogen) atoms. The SMILES string of the molecule is CS(=O)(=O)N1CCc2cc(C(=O)N3CCCC(CNC(=O)Nc4cccc(F)c4)C3)ccc21. The lowest BCUT2D eigenvalue weighted by Crippen LogP contribution is -2.44. The Morgan fingerprint density at radius 2 is 1.97 bits per heavy atom. The first-order chi connectivity index (χ1) is 15.7. The van der Waals surface area contributed by atoms with Gasteiger partial charge < -0.3 is 15.5 Å². The zero-order chi connectivity index (χ0) is 23.6. The van der Waals surface area contributed by atoms with Crippen molar-refractivity contribution in [1.29, 1.82) is 0 Å². The second-order valence-electron chi connectivity index (χ2n) is 8.53. The van der Waals surface area contributed by atoms with Crippen molar-refractivity contribution < 1.29 is 22.4 Å². The molecule has 0 aromatic heterocycles. The van der Waals surface area contributed by atoms with Gasteiger partial charge in [-0.1, -0.05) is 6.07 Å². The third kappa shape index (κ3) is 5.44. The molecule has 176 valence electrons. The molecule has 0 radical (unpaired) electrons. The highest BCUT2D eigenvalue weighted by Crippen LogP contribution is 2.31. The molecule has 0 spiro atoms. The maximum Gasteiger partial charge on any atom is 0.319 e. The number of fused-ring (bicyclic) bond motifs is 1. The van der Waals surface area contributed by atoms with Crippen LogP contribution in [0.15, 0.2) is 42.5 Å². The van der Waals surface area contributed by atoms with E-state index in [0.717, 1.165) is 18.4 Å². The van der Waals surface area contributed by atoms with Crippen LogP contribution in [-0.2, 0) is 16.4 Å². The van der Waals surface area contributed by atoms with Gasteiger partial charge in [0.05, 0.1) is 11.9 Å². The summed E-state index contributed by atoms with van der Waals surface area (Å²) in [5, 5.41) is 5.40. The number of carbonyl (C=O) groups is 2. The Kier molecular flexibility index (Phi) is 6.55. The summed E-state index contributed by atoms with van der Waals surface area (Å²) in [5.41, 5.74) is 2.41. The van der Waals surface area contributed by atoms with Crippen LogP contribution in [0.3, 0.4) is 0 Å². The van der Waals surface area contributed by atoms with Crippen molar-refractivity contribution in [3.8, 4) is 0 Å². The van der Waals surface area contributed by atoms with Crippen LogP contribution in [0.2, 0.25) is 0 Å². The quantitative estimate of drug-likeness (QED) is 0.696. The smallest absolute Gasteiger partial charge is 0.319 e. The van der Waals surface area contributed by atoms with E-state index in [9.17, 15) is 22.4 Å². The molecule has 2 aliphatic heterocycles. The lowest BCUT2D eigenvalue weighted by Gasteiger charge is -2.33. The molecule has 4 rings (SSSR count). The molecule has 1 saturated heterocycles. The molecule has 0 aliphatic carbocycles. The molecule has 8 nitrogen and oxygen atoms in total. The van der Waals surface area contributed by atoms with Gasteiger partial charge in [0.15, 0.2) is 0 Å². The molecule has 10 heteroatoms. The average molecular weight is 475 g/mol. The Bertz CT molecular complexity index is 1170. The summed E-state index contributed by atoms with van der Waals surface area (Å²) in [7, 11) is -3.33. The third-order valence-corrected chi connectivity index (χ3v) is 7.20. The van der Waals surface area contributed by atoms with Crippen molar-refractivity contribution in [2.45, 2.75) is 19.3 Å². The number of amides is 3. The summed E-state index contributed by atoms with van der Waals surface area (Å²) in [6.07, 6.45) is 3.48. The summed E-state index contributed by atoms with van der Waals surface area (Å²) < 4.78 is 38.5. The maximum absolute atomic E-state index is 13.3. The zero-order valence-corrected chi connectivity index (χ0v) is 19.2. The number of urea groups is 1. The van der Waals surface area contributed by atoms with Gasteiger partial charge in [-0.2, -0.15) is 0 Å². The zero-order valence-electron chi connectivity index (χ0n) is 18.4. The molecule has 0 bridgehead atoms. The minimum atomic E-state index is -3.33. The number of likely N-dealkylation sites (tertiary alicyclic amines) is 1. The van der Waals surface area contributed by atoms with Gasteiger partial charge in [0.2, 0.25) is 10.0 Å². The highest BCUT2D eigenvalue weighted by Gasteiger charge is 2.29. The number of anilines is 2. The van der Waals surface area contributed by atoms with Gasteiger partial charge in [0.25, 0.3) is 5.91 Å². The number of nitrogens with one attached hydrogen (secondary N) is 2. The molecule has 2 aromatic rings. The fourth-order valence-electron chi connectivity index (χ4n) is 4.43. The van der Waals surface area contributed by atoms with Crippen LogP contribution in [0.1, 0.15) is 28.8 Å². The van der Waals surface area contributed by atoms with Crippen LogP contribution >= 0.6 is 0 Å². The van der Waals surface area contributed by atoms with E-state index in [4.69, 9.17) is 0 Å². The van der Waals surface area contributed by atoms with Gasteiger partial charge in [0.1, 0.15) is 5.82 Å². The standard InChI is InChI=1S/C23H27FN4O4S/c1-33(31,32)28-11-9-17-12-18(7-8-21(17)28)22(29)27-10-3-4-16(15-27)14-25-23(30)26-20-6-2-5-19(24)13-20/h2,5-8,12-13,16H,3-4,9-11,14-15H2,1H3,(H2,25,26,30). The van der Waals surface area contributed by atoms with E-state index in [1.165, 1.54) is 28.8 Å². The van der Waals surface area contributed by atoms with Gasteiger partial charge in [-0.05, 0) is 67.1 Å². The van der Waals surface area contributed by atoms with Gasteiger partial charge in [-0.15, -0.1) is 0 Å². The number of hydrogen-bond acceptors (Lipinski definition) is 4. The molecule has 1 fully saturated rings. The van der Waals surface area contributed by atoms with Crippen LogP contribution in [0.4, 0.5) is 20.6 Å². The number of rotatable bonds is 5. The minimum absolute atomic E-state index is 0.0930. The number of sulfonamides is 1. The van der Waals surface area contributed by atoms with Crippen LogP contribution in [0.5, 0.6) is 0 Å². The number of nitrogens with zero attached hydrogens (tertiary/aromatic N) is 2. The van der Waals surface area contributed by atoms with Crippen LogP contribution in [0.25, 0.3) is 0 Å². The van der Waals surface area contributed by atoms with Crippen molar-refractivity contribution in [3.05, 3.63) is 59.4 Å². The van der Waals surface area contributed by atoms with Crippen molar-refractivity contribution in [3.63, 3.8) is 0 Å². The number of hydrogen-bond donors (Lipinski definition) is 2. The Balaban J connectivity index is 1.34. The van der Waals surface area contributed by atoms with Crippen molar-refractivity contribution in [1.82, 2.24) is 10.2 Å². The first-order valence-corrected chi connectivity index (χ1v) is 12.8. The molecule has 0 saturated carbocycles. The number of benzene rings is 2. The van der Waals surface area contributed by atoms with Crippen LogP contribution < -0.4 is 14.9 Å². The first-order valence-electron chi connectivity index (χ1n) is 10.9. The van der Waals surface area contributed by atoms with Crippen molar-refractivity contribution >= 4 is 33.3 Å². The van der Waals surface area contributed by atoms with Gasteiger partial charge in [-0.25, -0.2) is 17.6 Å². The lowest BCUT2D eigenvalue weighted by molar-refractivity contribution is 0.0675. The Morgan fingerprint density at radius 1 is 1.15 bits per heavy atom. The van der Waals surface area contributed by atoms with Gasteiger partial charge in [-0.3, -0.25) is 9.10 Å². The molecule has 2 aromatic carbocycles. The second kappa shape index (κ2) is 9.38. The highest BCUT2D eigenvalue weighted by molar-refractivity contribution is 7.92. The first kappa shape index (κ1) is 23.0. The van der Waals surface area contributed by atoms with E-state index in [2.05, 4.69) is 10.6 Å². The summed E-state index contributed by atoms with van der Waals surface area (Å²) in [6.45, 7) is 1.95. The minimum Gasteiger partial charge on any atom is -0.338 e. The van der Waals surface area contributed by atoms with E-state index >= 15 is 0 Å². The number of carbonyl (C=O) groups excluding carboxylic acids is 2. The molecular weight excluding hydrogens is 447 g/mol. The molecule has 1 atom stereocenters. The van der Waals surface area contributed by atoms with Crippen molar-refractivity contribution in [2.24, 2.45) is 5.92 Å². The molecule has 2 N–H and O–H groups in total. The maximum atomic E-state index is 13.3. The predicted octanol–water partition coefficient (Wildman–Crippen LogP) is 2.82. The topological polar surface area (TPSA) is 98.8 Å². The number of halogens is 1. The van der Waals surface area contributed by atoms with E-state index in [0.29, 0.717) is 49.5 Å². The Labute approximate surface area is 192 Å². The van der Waals surface area contributed by atoms with E-state index in [1.807, 2.05) is 0 Å². The third-order valence-electron chi connectivity index (χ3n) is 6.02. The Morgan fingerprint density at radius 3 is 2.73 bits per heavy atom. The van der Waals surface area contributed by atoms with E-state index < -0.39 is 21.9 Å². The predicted molar refractivity (Wildman–Crippen MR) is 124 cm³/mol. The summed E-state index contributed by atoms with van der Waals surface area (Å²) in [5.74, 6) is -0.412. The monoisotopic (exact) mass is 474 g/mol. The fourth-order valence-corrected chi connectivity index (χ4v) is 5.38. The summed E-state index contributed by atoms with van der Waals surface area (Å²) >= 11 is 0. The normalized spacial score (nSPS) is 18.1. The second-order valence-corrected chi connectivity index (χ2v) is 10.4. The fraction of sp³-hybridized carbons (Fsp3) is 0.391. The molecule has 1 unspecified atom stereocenters. The largest absolute Gasteiger partial charge is 0.338 e.